The second kappa shape index (κ2) is 5.45. The first kappa shape index (κ1) is 13.0. The van der Waals surface area contributed by atoms with Crippen molar-refractivity contribution in [1.29, 1.82) is 0 Å². The highest BCUT2D eigenvalue weighted by atomic mass is 32.1. The second-order valence-corrected chi connectivity index (χ2v) is 5.00. The summed E-state index contributed by atoms with van der Waals surface area (Å²) < 4.78 is 5.47. The highest BCUT2D eigenvalue weighted by molar-refractivity contribution is 7.09. The Kier molecular flexibility index (Phi) is 3.93. The standard InChI is InChI=1S/C11H14N2O4S/c1-6(11(15)16)12-9(14)7-5-18-10(13-7)8-3-2-4-17-8/h5-6,8H,2-4H2,1H3,(H,12,14)(H,15,16)/t6-,8?/m0/s1. The summed E-state index contributed by atoms with van der Waals surface area (Å²) in [6, 6.07) is -0.926. The van der Waals surface area contributed by atoms with E-state index < -0.39 is 17.9 Å². The molecule has 0 aliphatic carbocycles. The molecule has 1 aromatic heterocycles. The Labute approximate surface area is 108 Å². The van der Waals surface area contributed by atoms with Crippen LogP contribution in [0.1, 0.15) is 41.4 Å². The minimum absolute atomic E-state index is 0.0200. The third-order valence-electron chi connectivity index (χ3n) is 2.68. The fourth-order valence-electron chi connectivity index (χ4n) is 1.64. The molecule has 0 saturated carbocycles. The number of amides is 1. The Hall–Kier alpha value is -1.47. The summed E-state index contributed by atoms with van der Waals surface area (Å²) in [5.74, 6) is -1.54. The summed E-state index contributed by atoms with van der Waals surface area (Å²) in [6.45, 7) is 2.13. The lowest BCUT2D eigenvalue weighted by Crippen LogP contribution is -2.38. The molecule has 2 atom stereocenters. The van der Waals surface area contributed by atoms with Crippen molar-refractivity contribution < 1.29 is 19.4 Å². The molecule has 1 saturated heterocycles. The third-order valence-corrected chi connectivity index (χ3v) is 3.61. The molecule has 0 spiro atoms. The Bertz CT molecular complexity index is 454. The van der Waals surface area contributed by atoms with Crippen molar-refractivity contribution >= 4 is 23.2 Å². The Morgan fingerprint density at radius 2 is 2.44 bits per heavy atom. The Morgan fingerprint density at radius 3 is 3.06 bits per heavy atom. The van der Waals surface area contributed by atoms with Crippen LogP contribution in [0.25, 0.3) is 0 Å². The van der Waals surface area contributed by atoms with Crippen molar-refractivity contribution in [2.45, 2.75) is 31.9 Å². The van der Waals surface area contributed by atoms with E-state index in [1.54, 1.807) is 5.38 Å². The smallest absolute Gasteiger partial charge is 0.325 e. The Balaban J connectivity index is 2.00. The molecule has 2 N–H and O–H groups in total. The topological polar surface area (TPSA) is 88.5 Å². The van der Waals surface area contributed by atoms with Gasteiger partial charge in [-0.15, -0.1) is 11.3 Å². The van der Waals surface area contributed by atoms with E-state index in [1.807, 2.05) is 0 Å². The van der Waals surface area contributed by atoms with Gasteiger partial charge < -0.3 is 15.2 Å². The van der Waals surface area contributed by atoms with Crippen LogP contribution >= 0.6 is 11.3 Å². The summed E-state index contributed by atoms with van der Waals surface area (Å²) in [7, 11) is 0. The van der Waals surface area contributed by atoms with Gasteiger partial charge in [-0.25, -0.2) is 4.98 Å². The van der Waals surface area contributed by atoms with E-state index in [-0.39, 0.29) is 11.8 Å². The van der Waals surface area contributed by atoms with Crippen molar-refractivity contribution in [3.05, 3.63) is 16.1 Å². The number of carbonyl (C=O) groups excluding carboxylic acids is 1. The molecule has 0 aromatic carbocycles. The van der Waals surface area contributed by atoms with Crippen molar-refractivity contribution in [3.63, 3.8) is 0 Å². The van der Waals surface area contributed by atoms with Gasteiger partial charge in [0.2, 0.25) is 0 Å². The van der Waals surface area contributed by atoms with Gasteiger partial charge >= 0.3 is 5.97 Å². The van der Waals surface area contributed by atoms with Crippen LogP contribution in [0, 0.1) is 0 Å². The fourth-order valence-corrected chi connectivity index (χ4v) is 2.53. The lowest BCUT2D eigenvalue weighted by Gasteiger charge is -2.07. The van der Waals surface area contributed by atoms with E-state index in [0.29, 0.717) is 0 Å². The molecule has 7 heteroatoms. The first-order valence-electron chi connectivity index (χ1n) is 5.68. The van der Waals surface area contributed by atoms with Crippen LogP contribution in [0.2, 0.25) is 0 Å². The van der Waals surface area contributed by atoms with Crippen LogP contribution in [0.15, 0.2) is 5.38 Å². The molecule has 98 valence electrons. The zero-order valence-corrected chi connectivity index (χ0v) is 10.7. The number of carboxylic acids is 1. The predicted octanol–water partition coefficient (Wildman–Crippen LogP) is 1.20. The zero-order valence-electron chi connectivity index (χ0n) is 9.88. The van der Waals surface area contributed by atoms with Crippen LogP contribution < -0.4 is 5.32 Å². The van der Waals surface area contributed by atoms with Crippen molar-refractivity contribution in [1.82, 2.24) is 10.3 Å². The van der Waals surface area contributed by atoms with E-state index in [1.165, 1.54) is 18.3 Å². The van der Waals surface area contributed by atoms with Gasteiger partial charge in [-0.05, 0) is 19.8 Å². The number of hydrogen-bond donors (Lipinski definition) is 2. The number of nitrogens with zero attached hydrogens (tertiary/aromatic N) is 1. The highest BCUT2D eigenvalue weighted by Gasteiger charge is 2.23. The number of ether oxygens (including phenoxy) is 1. The van der Waals surface area contributed by atoms with E-state index in [2.05, 4.69) is 10.3 Å². The van der Waals surface area contributed by atoms with Gasteiger partial charge in [0.25, 0.3) is 5.91 Å². The number of nitrogens with one attached hydrogen (secondary N) is 1. The number of rotatable bonds is 4. The summed E-state index contributed by atoms with van der Waals surface area (Å²) in [5.41, 5.74) is 0.249. The van der Waals surface area contributed by atoms with Crippen LogP contribution in [-0.4, -0.2) is 34.6 Å². The summed E-state index contributed by atoms with van der Waals surface area (Å²) in [5, 5.41) is 13.5. The van der Waals surface area contributed by atoms with Crippen LogP contribution in [-0.2, 0) is 9.53 Å². The van der Waals surface area contributed by atoms with Crippen LogP contribution in [0.3, 0.4) is 0 Å². The Morgan fingerprint density at radius 1 is 1.67 bits per heavy atom. The van der Waals surface area contributed by atoms with E-state index in [9.17, 15) is 9.59 Å². The number of thiazole rings is 1. The first-order valence-corrected chi connectivity index (χ1v) is 6.56. The summed E-state index contributed by atoms with van der Waals surface area (Å²) in [4.78, 5) is 26.5. The number of hydrogen-bond acceptors (Lipinski definition) is 5. The molecule has 2 rings (SSSR count). The molecular formula is C11H14N2O4S. The van der Waals surface area contributed by atoms with E-state index >= 15 is 0 Å². The molecule has 6 nitrogen and oxygen atoms in total. The molecule has 1 aliphatic rings. The average molecular weight is 270 g/mol. The normalized spacial score (nSPS) is 20.6. The SMILES string of the molecule is C[C@H](NC(=O)c1csc(C2CCCO2)n1)C(=O)O. The summed E-state index contributed by atoms with van der Waals surface area (Å²) >= 11 is 1.37. The largest absolute Gasteiger partial charge is 0.480 e. The van der Waals surface area contributed by atoms with Crippen LogP contribution in [0.5, 0.6) is 0 Å². The number of carboxylic acid groups (broad SMARTS) is 1. The maximum atomic E-state index is 11.7. The molecule has 0 bridgehead atoms. The maximum Gasteiger partial charge on any atom is 0.325 e. The lowest BCUT2D eigenvalue weighted by atomic mass is 10.2. The first-order chi connectivity index (χ1) is 8.58. The molecule has 1 fully saturated rings. The molecule has 2 heterocycles. The zero-order chi connectivity index (χ0) is 13.1. The lowest BCUT2D eigenvalue weighted by molar-refractivity contribution is -0.138. The molecule has 1 unspecified atom stereocenters. The maximum absolute atomic E-state index is 11.7. The molecular weight excluding hydrogens is 256 g/mol. The van der Waals surface area contributed by atoms with E-state index in [0.717, 1.165) is 24.5 Å². The third kappa shape index (κ3) is 2.85. The predicted molar refractivity (Wildman–Crippen MR) is 64.6 cm³/mol. The summed E-state index contributed by atoms with van der Waals surface area (Å²) in [6.07, 6.45) is 1.90. The van der Waals surface area contributed by atoms with Gasteiger partial charge in [-0.3, -0.25) is 9.59 Å². The number of aliphatic carboxylic acids is 1. The number of carbonyl (C=O) groups is 2. The molecule has 1 aliphatic heterocycles. The molecule has 1 amide bonds. The van der Waals surface area contributed by atoms with Gasteiger partial charge in [0.1, 0.15) is 22.8 Å². The average Bonchev–Trinajstić information content (AvgIpc) is 2.99. The van der Waals surface area contributed by atoms with Crippen molar-refractivity contribution in [3.8, 4) is 0 Å². The number of aromatic nitrogens is 1. The molecule has 0 radical (unpaired) electrons. The monoisotopic (exact) mass is 270 g/mol. The van der Waals surface area contributed by atoms with Gasteiger partial charge in [-0.2, -0.15) is 0 Å². The molecule has 18 heavy (non-hydrogen) atoms. The van der Waals surface area contributed by atoms with Gasteiger partial charge in [0.05, 0.1) is 0 Å². The second-order valence-electron chi connectivity index (χ2n) is 4.11. The van der Waals surface area contributed by atoms with Crippen LogP contribution in [0.4, 0.5) is 0 Å². The van der Waals surface area contributed by atoms with E-state index in [4.69, 9.17) is 9.84 Å². The quantitative estimate of drug-likeness (QED) is 0.858. The minimum Gasteiger partial charge on any atom is -0.480 e. The van der Waals surface area contributed by atoms with Crippen molar-refractivity contribution in [2.75, 3.05) is 6.61 Å². The molecule has 1 aromatic rings. The highest BCUT2D eigenvalue weighted by Crippen LogP contribution is 2.30. The van der Waals surface area contributed by atoms with Gasteiger partial charge in [0.15, 0.2) is 0 Å². The van der Waals surface area contributed by atoms with Gasteiger partial charge in [-0.1, -0.05) is 0 Å². The van der Waals surface area contributed by atoms with Gasteiger partial charge in [0, 0.05) is 12.0 Å². The van der Waals surface area contributed by atoms with Crippen molar-refractivity contribution in [2.24, 2.45) is 0 Å². The fraction of sp³-hybridized carbons (Fsp3) is 0.545. The minimum atomic E-state index is -1.07.